The standard InChI is InChI=1S/C64H72N8O8/c1-73-57-33-9-35-19-50(66)21-37(58(35)74-2)11-39-23-52(68)25-41(60(39)76-4)13-43-27-54(70)29-45(62(43)78-6)15-47-31-56(72)32-48(64(47)80-8)16-46-30-55(71)28-44(63(46)79-7)14-42-26-53(69)24-40(61(42)77-5)12-38-22-51(67)20-36(59(38)75-3)10-34(57)18-49(65)17-33/h17-32H,9-16,65-72H2,1-8H3. The molecule has 8 aromatic rings. The van der Waals surface area contributed by atoms with E-state index in [2.05, 4.69) is 0 Å². The zero-order valence-corrected chi connectivity index (χ0v) is 46.8. The molecule has 0 aliphatic heterocycles. The van der Waals surface area contributed by atoms with E-state index in [1.165, 1.54) is 0 Å². The number of rotatable bonds is 8. The van der Waals surface area contributed by atoms with Gasteiger partial charge in [0.25, 0.3) is 0 Å². The van der Waals surface area contributed by atoms with Crippen molar-refractivity contribution in [3.63, 3.8) is 0 Å². The van der Waals surface area contributed by atoms with Crippen molar-refractivity contribution in [2.45, 2.75) is 51.4 Å². The molecule has 16 heteroatoms. The van der Waals surface area contributed by atoms with Crippen LogP contribution in [-0.2, 0) is 51.4 Å². The van der Waals surface area contributed by atoms with Crippen molar-refractivity contribution >= 4 is 45.5 Å². The molecule has 16 N–H and O–H groups in total. The lowest BCUT2D eigenvalue weighted by molar-refractivity contribution is 0.396. The fourth-order valence-corrected chi connectivity index (χ4v) is 12.1. The minimum atomic E-state index is 0.363. The predicted molar refractivity (Wildman–Crippen MR) is 322 cm³/mol. The topological polar surface area (TPSA) is 282 Å². The molecular formula is C64H72N8O8. The van der Waals surface area contributed by atoms with Gasteiger partial charge in [0.2, 0.25) is 0 Å². The van der Waals surface area contributed by atoms with E-state index >= 15 is 0 Å². The summed E-state index contributed by atoms with van der Waals surface area (Å²) in [6.07, 6.45) is 2.90. The second-order valence-electron chi connectivity index (χ2n) is 20.4. The van der Waals surface area contributed by atoms with Crippen molar-refractivity contribution in [1.29, 1.82) is 0 Å². The number of benzene rings is 8. The van der Waals surface area contributed by atoms with Crippen LogP contribution in [0.25, 0.3) is 0 Å². The molecule has 16 bridgehead atoms. The number of hydrogen-bond donors (Lipinski definition) is 8. The molecule has 0 aromatic heterocycles. The van der Waals surface area contributed by atoms with Crippen LogP contribution >= 0.6 is 0 Å². The third-order valence-electron chi connectivity index (χ3n) is 14.8. The van der Waals surface area contributed by atoms with E-state index < -0.39 is 0 Å². The van der Waals surface area contributed by atoms with E-state index in [0.29, 0.717) is 143 Å². The summed E-state index contributed by atoms with van der Waals surface area (Å²) in [5.41, 5.74) is 71.5. The van der Waals surface area contributed by atoms with Crippen LogP contribution in [0.2, 0.25) is 0 Å². The lowest BCUT2D eigenvalue weighted by Gasteiger charge is -2.22. The Morgan fingerprint density at radius 3 is 0.312 bits per heavy atom. The molecule has 9 rings (SSSR count). The van der Waals surface area contributed by atoms with Crippen molar-refractivity contribution in [1.82, 2.24) is 0 Å². The first kappa shape index (κ1) is 55.3. The maximum atomic E-state index is 6.75. The quantitative estimate of drug-likeness (QED) is 0.0658. The second-order valence-corrected chi connectivity index (χ2v) is 20.4. The molecule has 0 spiro atoms. The monoisotopic (exact) mass is 1080 g/mol. The summed E-state index contributed by atoms with van der Waals surface area (Å²) in [4.78, 5) is 0. The first-order valence-corrected chi connectivity index (χ1v) is 26.1. The fraction of sp³-hybridized carbons (Fsp3) is 0.250. The first-order valence-electron chi connectivity index (χ1n) is 26.1. The van der Waals surface area contributed by atoms with Gasteiger partial charge in [-0.15, -0.1) is 0 Å². The third-order valence-corrected chi connectivity index (χ3v) is 14.8. The van der Waals surface area contributed by atoms with Gasteiger partial charge in [-0.3, -0.25) is 0 Å². The average molecular weight is 1080 g/mol. The highest BCUT2D eigenvalue weighted by molar-refractivity contribution is 5.68. The second kappa shape index (κ2) is 23.3. The van der Waals surface area contributed by atoms with Crippen LogP contribution in [0.15, 0.2) is 97.1 Å². The largest absolute Gasteiger partial charge is 0.496 e. The molecule has 0 fully saturated rings. The molecule has 0 saturated carbocycles. The number of fused-ring (bicyclic) bond motifs is 16. The maximum absolute atomic E-state index is 6.75. The molecule has 0 saturated heterocycles. The van der Waals surface area contributed by atoms with Crippen molar-refractivity contribution in [2.75, 3.05) is 103 Å². The van der Waals surface area contributed by atoms with E-state index in [4.69, 9.17) is 83.8 Å². The van der Waals surface area contributed by atoms with E-state index in [9.17, 15) is 0 Å². The number of ether oxygens (including phenoxy) is 8. The summed E-state index contributed by atoms with van der Waals surface area (Å²) in [5.74, 6) is 5.13. The van der Waals surface area contributed by atoms with Crippen LogP contribution in [0.4, 0.5) is 45.5 Å². The van der Waals surface area contributed by atoms with Gasteiger partial charge in [0.05, 0.1) is 56.9 Å². The molecule has 1 aliphatic carbocycles. The minimum absolute atomic E-state index is 0.363. The van der Waals surface area contributed by atoms with Crippen molar-refractivity contribution in [3.8, 4) is 46.0 Å². The Bertz CT molecular complexity index is 2770. The van der Waals surface area contributed by atoms with E-state index in [0.717, 1.165) is 89.0 Å². The molecule has 0 unspecified atom stereocenters. The van der Waals surface area contributed by atoms with Gasteiger partial charge in [0.1, 0.15) is 46.0 Å². The summed E-state index contributed by atoms with van der Waals surface area (Å²) >= 11 is 0. The van der Waals surface area contributed by atoms with Gasteiger partial charge < -0.3 is 83.8 Å². The van der Waals surface area contributed by atoms with Crippen LogP contribution in [0.1, 0.15) is 89.0 Å². The highest BCUT2D eigenvalue weighted by Gasteiger charge is 2.26. The molecule has 416 valence electrons. The van der Waals surface area contributed by atoms with Crippen LogP contribution in [0.5, 0.6) is 46.0 Å². The Labute approximate surface area is 467 Å². The molecule has 1 aliphatic rings. The zero-order chi connectivity index (χ0) is 57.1. The lowest BCUT2D eigenvalue weighted by Crippen LogP contribution is -2.08. The number of anilines is 8. The Balaban J connectivity index is 1.25. The summed E-state index contributed by atoms with van der Waals surface area (Å²) < 4.78 is 50.0. The van der Waals surface area contributed by atoms with Crippen LogP contribution < -0.4 is 83.8 Å². The Morgan fingerprint density at radius 2 is 0.250 bits per heavy atom. The normalized spacial score (nSPS) is 12.5. The molecular weight excluding hydrogens is 1010 g/mol. The molecule has 16 nitrogen and oxygen atoms in total. The SMILES string of the molecule is COc1c2cc(N)cc1Cc1cc(N)cc(c1OC)Cc1cc(N)cc(c1OC)Cc1cc(N)cc(c1OC)Cc1cc(N)cc(c1OC)Cc1cc(N)cc(c1OC)Cc1cc(N)cc(c1OC)Cc1cc(N)cc(c1OC)C2. The zero-order valence-electron chi connectivity index (χ0n) is 46.8. The van der Waals surface area contributed by atoms with Gasteiger partial charge in [0, 0.05) is 186 Å². The molecule has 0 heterocycles. The molecule has 8 aromatic carbocycles. The number of nitrogen functional groups attached to an aromatic ring is 8. The third kappa shape index (κ3) is 11.3. The van der Waals surface area contributed by atoms with Gasteiger partial charge >= 0.3 is 0 Å². The number of hydrogen-bond acceptors (Lipinski definition) is 16. The van der Waals surface area contributed by atoms with Gasteiger partial charge in [-0.1, -0.05) is 0 Å². The smallest absolute Gasteiger partial charge is 0.126 e. The number of nitrogens with two attached hydrogens (primary N) is 8. The fourth-order valence-electron chi connectivity index (χ4n) is 12.1. The highest BCUT2D eigenvalue weighted by Crippen LogP contribution is 2.44. The molecule has 80 heavy (non-hydrogen) atoms. The summed E-state index contributed by atoms with van der Waals surface area (Å²) in [6, 6.07) is 30.6. The van der Waals surface area contributed by atoms with Crippen LogP contribution in [-0.4, -0.2) is 56.9 Å². The number of methoxy groups -OCH3 is 8. The Hall–Kier alpha value is -9.44. The average Bonchev–Trinajstić information content (AvgIpc) is 3.48. The van der Waals surface area contributed by atoms with Crippen LogP contribution in [0.3, 0.4) is 0 Å². The van der Waals surface area contributed by atoms with E-state index in [1.54, 1.807) is 56.9 Å². The Kier molecular flexibility index (Phi) is 16.1. The van der Waals surface area contributed by atoms with Gasteiger partial charge in [-0.05, 0) is 97.1 Å². The predicted octanol–water partition coefficient (Wildman–Crippen LogP) is 9.45. The van der Waals surface area contributed by atoms with Crippen molar-refractivity contribution < 1.29 is 37.9 Å². The minimum Gasteiger partial charge on any atom is -0.496 e. The van der Waals surface area contributed by atoms with Gasteiger partial charge in [-0.25, -0.2) is 0 Å². The van der Waals surface area contributed by atoms with Crippen molar-refractivity contribution in [2.24, 2.45) is 0 Å². The van der Waals surface area contributed by atoms with Gasteiger partial charge in [0.15, 0.2) is 0 Å². The van der Waals surface area contributed by atoms with Crippen molar-refractivity contribution in [3.05, 3.63) is 186 Å². The highest BCUT2D eigenvalue weighted by atomic mass is 16.5. The maximum Gasteiger partial charge on any atom is 0.126 e. The van der Waals surface area contributed by atoms with E-state index in [1.807, 2.05) is 97.1 Å². The molecule has 0 amide bonds. The summed E-state index contributed by atoms with van der Waals surface area (Å²) in [5, 5.41) is 0. The van der Waals surface area contributed by atoms with E-state index in [-0.39, 0.29) is 0 Å². The first-order chi connectivity index (χ1) is 38.5. The Morgan fingerprint density at radius 1 is 0.175 bits per heavy atom. The van der Waals surface area contributed by atoms with Gasteiger partial charge in [-0.2, -0.15) is 0 Å². The lowest BCUT2D eigenvalue weighted by atomic mass is 9.90. The molecule has 0 atom stereocenters. The van der Waals surface area contributed by atoms with Crippen LogP contribution in [0, 0.1) is 0 Å². The molecule has 0 radical (unpaired) electrons. The summed E-state index contributed by atoms with van der Waals surface area (Å²) in [6.45, 7) is 0. The summed E-state index contributed by atoms with van der Waals surface area (Å²) in [7, 11) is 13.2.